The number of hydrogen-bond acceptors (Lipinski definition) is 5. The first-order valence-electron chi connectivity index (χ1n) is 7.92. The lowest BCUT2D eigenvalue weighted by atomic mass is 10.1. The third-order valence-electron chi connectivity index (χ3n) is 3.67. The summed E-state index contributed by atoms with van der Waals surface area (Å²) >= 11 is 1.58. The van der Waals surface area contributed by atoms with Gasteiger partial charge in [-0.25, -0.2) is 17.5 Å². The predicted octanol–water partition coefficient (Wildman–Crippen LogP) is 2.54. The minimum atomic E-state index is -3.96. The van der Waals surface area contributed by atoms with Crippen LogP contribution in [0.25, 0.3) is 11.1 Å². The molecule has 0 saturated heterocycles. The van der Waals surface area contributed by atoms with Gasteiger partial charge in [-0.3, -0.25) is 9.78 Å². The van der Waals surface area contributed by atoms with Crippen molar-refractivity contribution in [1.82, 2.24) is 15.0 Å². The molecule has 2 N–H and O–H groups in total. The molecule has 0 aliphatic carbocycles. The fourth-order valence-corrected chi connectivity index (χ4v) is 3.99. The highest BCUT2D eigenvalue weighted by molar-refractivity contribution is 7.89. The topological polar surface area (TPSA) is 88.2 Å². The number of rotatable bonds is 7. The molecule has 1 amide bonds. The van der Waals surface area contributed by atoms with Crippen molar-refractivity contribution in [2.45, 2.75) is 11.4 Å². The highest BCUT2D eigenvalue weighted by Crippen LogP contribution is 2.21. The number of nitrogens with zero attached hydrogens (tertiary/aromatic N) is 1. The van der Waals surface area contributed by atoms with Gasteiger partial charge in [0.05, 0.1) is 11.4 Å². The molecule has 3 aromatic rings. The normalized spacial score (nSPS) is 11.3. The summed E-state index contributed by atoms with van der Waals surface area (Å²) in [4.78, 5) is 15.9. The van der Waals surface area contributed by atoms with Crippen molar-refractivity contribution >= 4 is 27.3 Å². The first kappa shape index (κ1) is 19.2. The average Bonchev–Trinajstić information content (AvgIpc) is 3.20. The average molecular weight is 405 g/mol. The summed E-state index contributed by atoms with van der Waals surface area (Å²) < 4.78 is 39.5. The molecule has 0 aliphatic heterocycles. The zero-order valence-corrected chi connectivity index (χ0v) is 15.7. The van der Waals surface area contributed by atoms with Crippen LogP contribution in [0.4, 0.5) is 4.39 Å². The van der Waals surface area contributed by atoms with Crippen molar-refractivity contribution in [2.75, 3.05) is 6.54 Å². The summed E-state index contributed by atoms with van der Waals surface area (Å²) in [5.41, 5.74) is 2.78. The molecular formula is C18H16FN3O3S2. The van der Waals surface area contributed by atoms with Crippen molar-refractivity contribution in [3.63, 3.8) is 0 Å². The maximum absolute atomic E-state index is 13.2. The number of aromatic nitrogens is 1. The first-order valence-corrected chi connectivity index (χ1v) is 10.3. The van der Waals surface area contributed by atoms with E-state index in [1.807, 2.05) is 22.9 Å². The fraction of sp³-hybridized carbons (Fsp3) is 0.111. The summed E-state index contributed by atoms with van der Waals surface area (Å²) in [5.74, 6) is -1.17. The lowest BCUT2D eigenvalue weighted by molar-refractivity contribution is -0.120. The highest BCUT2D eigenvalue weighted by atomic mass is 32.2. The summed E-state index contributed by atoms with van der Waals surface area (Å²) in [7, 11) is -3.96. The minimum absolute atomic E-state index is 0.214. The second-order valence-electron chi connectivity index (χ2n) is 5.65. The van der Waals surface area contributed by atoms with E-state index in [4.69, 9.17) is 0 Å². The van der Waals surface area contributed by atoms with Gasteiger partial charge in [-0.15, -0.1) is 0 Å². The number of pyridine rings is 1. The molecule has 0 spiro atoms. The van der Waals surface area contributed by atoms with E-state index in [0.29, 0.717) is 0 Å². The molecule has 0 saturated carbocycles. The van der Waals surface area contributed by atoms with Crippen LogP contribution >= 0.6 is 11.3 Å². The van der Waals surface area contributed by atoms with Crippen LogP contribution in [0.15, 0.2) is 64.4 Å². The Hall–Kier alpha value is -2.62. The number of sulfonamides is 1. The predicted molar refractivity (Wildman–Crippen MR) is 101 cm³/mol. The van der Waals surface area contributed by atoms with Crippen LogP contribution in [-0.4, -0.2) is 25.9 Å². The Bertz CT molecular complexity index is 1040. The second kappa shape index (κ2) is 8.38. The van der Waals surface area contributed by atoms with Crippen LogP contribution in [0.3, 0.4) is 0 Å². The standard InChI is InChI=1S/C18H16FN3O3S2/c19-16-2-1-3-17(7-16)27(24,25)22-11-18(23)21-9-13-6-15(10-20-8-13)14-4-5-26-12-14/h1-8,10,12,22H,9,11H2,(H,21,23). The van der Waals surface area contributed by atoms with Gasteiger partial charge in [-0.05, 0) is 52.2 Å². The Morgan fingerprint density at radius 1 is 1.15 bits per heavy atom. The quantitative estimate of drug-likeness (QED) is 0.632. The third-order valence-corrected chi connectivity index (χ3v) is 5.75. The van der Waals surface area contributed by atoms with Crippen molar-refractivity contribution in [3.8, 4) is 11.1 Å². The molecule has 0 atom stereocenters. The number of amides is 1. The van der Waals surface area contributed by atoms with E-state index in [2.05, 4.69) is 15.0 Å². The Kier molecular flexibility index (Phi) is 5.94. The summed E-state index contributed by atoms with van der Waals surface area (Å²) in [6.07, 6.45) is 3.37. The van der Waals surface area contributed by atoms with Gasteiger partial charge in [0.1, 0.15) is 5.82 Å². The van der Waals surface area contributed by atoms with E-state index in [9.17, 15) is 17.6 Å². The monoisotopic (exact) mass is 405 g/mol. The molecule has 0 bridgehead atoms. The number of benzene rings is 1. The van der Waals surface area contributed by atoms with E-state index in [1.165, 1.54) is 12.1 Å². The van der Waals surface area contributed by atoms with E-state index >= 15 is 0 Å². The Morgan fingerprint density at radius 3 is 2.74 bits per heavy atom. The zero-order valence-electron chi connectivity index (χ0n) is 14.1. The maximum atomic E-state index is 13.2. The molecule has 27 heavy (non-hydrogen) atoms. The number of hydrogen-bond donors (Lipinski definition) is 2. The van der Waals surface area contributed by atoms with Gasteiger partial charge in [-0.1, -0.05) is 6.07 Å². The SMILES string of the molecule is O=C(CNS(=O)(=O)c1cccc(F)c1)NCc1cncc(-c2ccsc2)c1. The molecule has 140 valence electrons. The van der Waals surface area contributed by atoms with Gasteiger partial charge in [0.15, 0.2) is 0 Å². The second-order valence-corrected chi connectivity index (χ2v) is 8.20. The van der Waals surface area contributed by atoms with Gasteiger partial charge in [0.25, 0.3) is 0 Å². The first-order chi connectivity index (χ1) is 12.9. The smallest absolute Gasteiger partial charge is 0.241 e. The minimum Gasteiger partial charge on any atom is -0.351 e. The maximum Gasteiger partial charge on any atom is 0.241 e. The van der Waals surface area contributed by atoms with Gasteiger partial charge in [0, 0.05) is 24.5 Å². The molecule has 0 unspecified atom stereocenters. The lowest BCUT2D eigenvalue weighted by Crippen LogP contribution is -2.36. The van der Waals surface area contributed by atoms with Gasteiger partial charge in [0.2, 0.25) is 15.9 Å². The number of thiophene rings is 1. The van der Waals surface area contributed by atoms with Crippen LogP contribution in [0.1, 0.15) is 5.56 Å². The highest BCUT2D eigenvalue weighted by Gasteiger charge is 2.16. The number of carbonyl (C=O) groups is 1. The Labute approximate surface area is 160 Å². The van der Waals surface area contributed by atoms with Crippen LogP contribution in [0.2, 0.25) is 0 Å². The third kappa shape index (κ3) is 5.19. The van der Waals surface area contributed by atoms with Gasteiger partial charge < -0.3 is 5.32 Å². The zero-order chi connectivity index (χ0) is 19.3. The van der Waals surface area contributed by atoms with E-state index in [-0.39, 0.29) is 11.4 Å². The van der Waals surface area contributed by atoms with E-state index in [1.54, 1.807) is 23.7 Å². The van der Waals surface area contributed by atoms with E-state index < -0.39 is 28.3 Å². The molecule has 0 aliphatic rings. The molecule has 3 rings (SSSR count). The summed E-state index contributed by atoms with van der Waals surface area (Å²) in [6.45, 7) is -0.234. The molecule has 9 heteroatoms. The number of carbonyl (C=O) groups excluding carboxylic acids is 1. The van der Waals surface area contributed by atoms with Crippen LogP contribution in [0.5, 0.6) is 0 Å². The molecule has 0 radical (unpaired) electrons. The summed E-state index contributed by atoms with van der Waals surface area (Å²) in [6, 6.07) is 8.46. The van der Waals surface area contributed by atoms with Crippen LogP contribution in [-0.2, 0) is 21.4 Å². The molecule has 2 aromatic heterocycles. The van der Waals surface area contributed by atoms with Gasteiger partial charge in [-0.2, -0.15) is 11.3 Å². The molecule has 0 fully saturated rings. The molecule has 2 heterocycles. The molecule has 6 nitrogen and oxygen atoms in total. The van der Waals surface area contributed by atoms with Crippen molar-refractivity contribution < 1.29 is 17.6 Å². The van der Waals surface area contributed by atoms with Crippen molar-refractivity contribution in [3.05, 3.63) is 70.9 Å². The van der Waals surface area contributed by atoms with Gasteiger partial charge >= 0.3 is 0 Å². The Morgan fingerprint density at radius 2 is 2.00 bits per heavy atom. The van der Waals surface area contributed by atoms with Crippen molar-refractivity contribution in [1.29, 1.82) is 0 Å². The van der Waals surface area contributed by atoms with E-state index in [0.717, 1.165) is 28.8 Å². The lowest BCUT2D eigenvalue weighted by Gasteiger charge is -2.08. The van der Waals surface area contributed by atoms with Crippen LogP contribution < -0.4 is 10.0 Å². The number of halogens is 1. The molecular weight excluding hydrogens is 389 g/mol. The number of nitrogens with one attached hydrogen (secondary N) is 2. The van der Waals surface area contributed by atoms with Crippen molar-refractivity contribution in [2.24, 2.45) is 0 Å². The fourth-order valence-electron chi connectivity index (χ4n) is 2.31. The summed E-state index contributed by atoms with van der Waals surface area (Å²) in [5, 5.41) is 6.60. The Balaban J connectivity index is 1.55. The largest absolute Gasteiger partial charge is 0.351 e. The molecule has 1 aromatic carbocycles. The van der Waals surface area contributed by atoms with Crippen LogP contribution in [0, 0.1) is 5.82 Å².